The van der Waals surface area contributed by atoms with Crippen LogP contribution in [0.2, 0.25) is 0 Å². The first-order chi connectivity index (χ1) is 7.99. The maximum Gasteiger partial charge on any atom is 0.355 e. The van der Waals surface area contributed by atoms with E-state index in [0.29, 0.717) is 18.5 Å². The van der Waals surface area contributed by atoms with Gasteiger partial charge >= 0.3 is 11.9 Å². The summed E-state index contributed by atoms with van der Waals surface area (Å²) in [7, 11) is 0. The Bertz CT molecular complexity index is 397. The molecule has 0 spiro atoms. The zero-order valence-corrected chi connectivity index (χ0v) is 10.0. The van der Waals surface area contributed by atoms with E-state index in [1.54, 1.807) is 19.2 Å². The fourth-order valence-electron chi connectivity index (χ4n) is 1.47. The Balaban J connectivity index is 2.33. The second kappa shape index (κ2) is 6.08. The third-order valence-corrected chi connectivity index (χ3v) is 2.36. The van der Waals surface area contributed by atoms with Gasteiger partial charge in [-0.3, -0.25) is 4.79 Å². The Morgan fingerprint density at radius 2 is 2.24 bits per heavy atom. The zero-order valence-electron chi connectivity index (χ0n) is 10.0. The molecule has 1 aromatic rings. The Labute approximate surface area is 99.8 Å². The summed E-state index contributed by atoms with van der Waals surface area (Å²) in [4.78, 5) is 24.7. The lowest BCUT2D eigenvalue weighted by Gasteiger charge is -2.11. The highest BCUT2D eigenvalue weighted by molar-refractivity contribution is 5.87. The third kappa shape index (κ3) is 4.72. The number of H-pyrrole nitrogens is 1. The fourth-order valence-corrected chi connectivity index (χ4v) is 1.47. The van der Waals surface area contributed by atoms with Crippen LogP contribution in [0.5, 0.6) is 0 Å². The van der Waals surface area contributed by atoms with E-state index in [2.05, 4.69) is 4.98 Å². The summed E-state index contributed by atoms with van der Waals surface area (Å²) in [6, 6.07) is 1.71. The number of esters is 1. The van der Waals surface area contributed by atoms with Crippen LogP contribution in [0.4, 0.5) is 0 Å². The zero-order chi connectivity index (χ0) is 12.8. The number of aryl methyl sites for hydroxylation is 1. The number of aliphatic carboxylic acids is 1. The maximum absolute atomic E-state index is 11.6. The van der Waals surface area contributed by atoms with Crippen molar-refractivity contribution in [2.24, 2.45) is 0 Å². The van der Waals surface area contributed by atoms with Gasteiger partial charge in [0, 0.05) is 12.6 Å². The normalized spacial score (nSPS) is 12.1. The van der Waals surface area contributed by atoms with Gasteiger partial charge in [0.05, 0.1) is 6.10 Å². The molecule has 0 unspecified atom stereocenters. The van der Waals surface area contributed by atoms with Gasteiger partial charge in [0.1, 0.15) is 5.69 Å². The van der Waals surface area contributed by atoms with Crippen molar-refractivity contribution in [1.29, 1.82) is 0 Å². The molecule has 17 heavy (non-hydrogen) atoms. The fraction of sp³-hybridized carbons (Fsp3) is 0.500. The van der Waals surface area contributed by atoms with Crippen molar-refractivity contribution in [2.45, 2.75) is 39.2 Å². The van der Waals surface area contributed by atoms with Crippen molar-refractivity contribution in [3.8, 4) is 0 Å². The van der Waals surface area contributed by atoms with Gasteiger partial charge in [-0.1, -0.05) is 0 Å². The number of nitrogens with one attached hydrogen (secondary N) is 1. The third-order valence-electron chi connectivity index (χ3n) is 2.36. The maximum atomic E-state index is 11.6. The lowest BCUT2D eigenvalue weighted by molar-refractivity contribution is -0.137. The number of hydrogen-bond acceptors (Lipinski definition) is 3. The van der Waals surface area contributed by atoms with Gasteiger partial charge < -0.3 is 14.8 Å². The topological polar surface area (TPSA) is 79.4 Å². The highest BCUT2D eigenvalue weighted by Crippen LogP contribution is 2.09. The molecule has 0 radical (unpaired) electrons. The van der Waals surface area contributed by atoms with Gasteiger partial charge in [0.2, 0.25) is 0 Å². The Hall–Kier alpha value is -1.78. The van der Waals surface area contributed by atoms with Gasteiger partial charge in [0.15, 0.2) is 0 Å². The molecule has 1 rings (SSSR count). The first-order valence-electron chi connectivity index (χ1n) is 5.57. The monoisotopic (exact) mass is 239 g/mol. The highest BCUT2D eigenvalue weighted by Gasteiger charge is 2.13. The predicted molar refractivity (Wildman–Crippen MR) is 61.9 cm³/mol. The standard InChI is InChI=1S/C12H17NO4/c1-8-6-10(13-7-8)12(16)17-9(2)4-3-5-11(14)15/h6-7,9,13H,3-5H2,1-2H3,(H,14,15)/t9-/m1/s1. The molecule has 0 aliphatic heterocycles. The molecule has 0 bridgehead atoms. The van der Waals surface area contributed by atoms with Crippen molar-refractivity contribution >= 4 is 11.9 Å². The average molecular weight is 239 g/mol. The molecule has 5 heteroatoms. The Morgan fingerprint density at radius 1 is 1.53 bits per heavy atom. The number of carbonyl (C=O) groups excluding carboxylic acids is 1. The SMILES string of the molecule is Cc1c[nH]c(C(=O)O[C@H](C)CCCC(=O)O)c1. The number of carbonyl (C=O) groups is 2. The van der Waals surface area contributed by atoms with Crippen LogP contribution in [0.25, 0.3) is 0 Å². The predicted octanol–water partition coefficient (Wildman–Crippen LogP) is 2.12. The molecular formula is C12H17NO4. The molecule has 2 N–H and O–H groups in total. The summed E-state index contributed by atoms with van der Waals surface area (Å²) < 4.78 is 5.17. The molecule has 1 atom stereocenters. The average Bonchev–Trinajstić information content (AvgIpc) is 2.64. The van der Waals surface area contributed by atoms with E-state index in [1.165, 1.54) is 0 Å². The summed E-state index contributed by atoms with van der Waals surface area (Å²) in [6.07, 6.45) is 2.62. The molecular weight excluding hydrogens is 222 g/mol. The number of carboxylic acids is 1. The largest absolute Gasteiger partial charge is 0.481 e. The second-order valence-electron chi connectivity index (χ2n) is 4.09. The van der Waals surface area contributed by atoms with Crippen LogP contribution in [-0.2, 0) is 9.53 Å². The van der Waals surface area contributed by atoms with E-state index in [0.717, 1.165) is 5.56 Å². The minimum Gasteiger partial charge on any atom is -0.481 e. The Kier molecular flexibility index (Phi) is 4.75. The van der Waals surface area contributed by atoms with Crippen LogP contribution < -0.4 is 0 Å². The number of carboxylic acid groups (broad SMARTS) is 1. The van der Waals surface area contributed by atoms with Crippen molar-refractivity contribution < 1.29 is 19.4 Å². The number of hydrogen-bond donors (Lipinski definition) is 2. The van der Waals surface area contributed by atoms with E-state index >= 15 is 0 Å². The first-order valence-corrected chi connectivity index (χ1v) is 5.57. The summed E-state index contributed by atoms with van der Waals surface area (Å²) in [5.74, 6) is -1.23. The van der Waals surface area contributed by atoms with Gasteiger partial charge in [-0.05, 0) is 38.3 Å². The van der Waals surface area contributed by atoms with Crippen LogP contribution in [0.1, 0.15) is 42.2 Å². The smallest absolute Gasteiger partial charge is 0.355 e. The second-order valence-corrected chi connectivity index (χ2v) is 4.09. The van der Waals surface area contributed by atoms with Crippen LogP contribution in [0.15, 0.2) is 12.3 Å². The van der Waals surface area contributed by atoms with Gasteiger partial charge in [-0.2, -0.15) is 0 Å². The van der Waals surface area contributed by atoms with Crippen molar-refractivity contribution in [3.63, 3.8) is 0 Å². The lowest BCUT2D eigenvalue weighted by atomic mass is 10.2. The molecule has 0 fully saturated rings. The van der Waals surface area contributed by atoms with E-state index < -0.39 is 11.9 Å². The number of aromatic nitrogens is 1. The van der Waals surface area contributed by atoms with Gasteiger partial charge in [0.25, 0.3) is 0 Å². The number of ether oxygens (including phenoxy) is 1. The Morgan fingerprint density at radius 3 is 2.76 bits per heavy atom. The molecule has 5 nitrogen and oxygen atoms in total. The van der Waals surface area contributed by atoms with Crippen LogP contribution in [-0.4, -0.2) is 28.1 Å². The molecule has 0 saturated heterocycles. The molecule has 1 heterocycles. The summed E-state index contributed by atoms with van der Waals surface area (Å²) in [5, 5.41) is 8.48. The molecule has 0 saturated carbocycles. The van der Waals surface area contributed by atoms with E-state index in [-0.39, 0.29) is 12.5 Å². The molecule has 0 aromatic carbocycles. The first kappa shape index (κ1) is 13.3. The van der Waals surface area contributed by atoms with Crippen LogP contribution in [0, 0.1) is 6.92 Å². The van der Waals surface area contributed by atoms with Gasteiger partial charge in [-0.25, -0.2) is 4.79 Å². The van der Waals surface area contributed by atoms with Crippen molar-refractivity contribution in [3.05, 3.63) is 23.5 Å². The summed E-state index contributed by atoms with van der Waals surface area (Å²) >= 11 is 0. The van der Waals surface area contributed by atoms with E-state index in [1.807, 2.05) is 6.92 Å². The summed E-state index contributed by atoms with van der Waals surface area (Å²) in [6.45, 7) is 3.64. The van der Waals surface area contributed by atoms with Crippen LogP contribution >= 0.6 is 0 Å². The summed E-state index contributed by atoms with van der Waals surface area (Å²) in [5.41, 5.74) is 1.39. The van der Waals surface area contributed by atoms with Crippen molar-refractivity contribution in [2.75, 3.05) is 0 Å². The van der Waals surface area contributed by atoms with E-state index in [9.17, 15) is 9.59 Å². The minimum atomic E-state index is -0.830. The molecule has 1 aromatic heterocycles. The number of aromatic amines is 1. The quantitative estimate of drug-likeness (QED) is 0.745. The molecule has 0 amide bonds. The minimum absolute atomic E-state index is 0.101. The van der Waals surface area contributed by atoms with Crippen molar-refractivity contribution in [1.82, 2.24) is 4.98 Å². The molecule has 94 valence electrons. The van der Waals surface area contributed by atoms with E-state index in [4.69, 9.17) is 9.84 Å². The number of rotatable bonds is 6. The van der Waals surface area contributed by atoms with Gasteiger partial charge in [-0.15, -0.1) is 0 Å². The highest BCUT2D eigenvalue weighted by atomic mass is 16.5. The molecule has 0 aliphatic rings. The van der Waals surface area contributed by atoms with Crippen LogP contribution in [0.3, 0.4) is 0 Å². The lowest BCUT2D eigenvalue weighted by Crippen LogP contribution is -2.15. The molecule has 0 aliphatic carbocycles.